The van der Waals surface area contributed by atoms with Gasteiger partial charge in [0, 0.05) is 18.8 Å². The van der Waals surface area contributed by atoms with E-state index in [2.05, 4.69) is 35.7 Å². The van der Waals surface area contributed by atoms with E-state index in [1.165, 1.54) is 18.5 Å². The van der Waals surface area contributed by atoms with Crippen molar-refractivity contribution in [3.63, 3.8) is 0 Å². The molecule has 4 nitrogen and oxygen atoms in total. The average Bonchev–Trinajstić information content (AvgIpc) is 3.21. The van der Waals surface area contributed by atoms with E-state index in [1.54, 1.807) is 21.3 Å². The van der Waals surface area contributed by atoms with Crippen LogP contribution < -0.4 is 19.1 Å². The summed E-state index contributed by atoms with van der Waals surface area (Å²) in [4.78, 5) is 2.42. The second-order valence-corrected chi connectivity index (χ2v) is 6.13. The van der Waals surface area contributed by atoms with Crippen molar-refractivity contribution in [2.75, 3.05) is 39.3 Å². The summed E-state index contributed by atoms with van der Waals surface area (Å²) in [6.45, 7) is 6.56. The Hall–Kier alpha value is -2.62. The van der Waals surface area contributed by atoms with Crippen molar-refractivity contribution >= 4 is 11.3 Å². The molecule has 0 bridgehead atoms. The Morgan fingerprint density at radius 3 is 1.88 bits per heavy atom. The van der Waals surface area contributed by atoms with Gasteiger partial charge in [0.05, 0.1) is 21.3 Å². The second-order valence-electron chi connectivity index (χ2n) is 6.13. The maximum Gasteiger partial charge on any atom is 0.203 e. The zero-order chi connectivity index (χ0) is 17.8. The lowest BCUT2D eigenvalue weighted by Gasteiger charge is -2.18. The van der Waals surface area contributed by atoms with Gasteiger partial charge in [-0.25, -0.2) is 0 Å². The average molecular weight is 339 g/mol. The lowest BCUT2D eigenvalue weighted by molar-refractivity contribution is 0.324. The molecule has 4 heteroatoms. The van der Waals surface area contributed by atoms with E-state index in [0.717, 1.165) is 29.8 Å². The highest BCUT2D eigenvalue weighted by Crippen LogP contribution is 2.40. The lowest BCUT2D eigenvalue weighted by Crippen LogP contribution is -2.17. The summed E-state index contributed by atoms with van der Waals surface area (Å²) in [5, 5.41) is 0. The molecule has 1 heterocycles. The molecule has 2 aromatic rings. The molecule has 0 saturated carbocycles. The number of hydrogen-bond acceptors (Lipinski definition) is 4. The van der Waals surface area contributed by atoms with Crippen LogP contribution in [0.1, 0.15) is 24.0 Å². The van der Waals surface area contributed by atoms with Gasteiger partial charge >= 0.3 is 0 Å². The molecule has 3 rings (SSSR count). The molecule has 25 heavy (non-hydrogen) atoms. The van der Waals surface area contributed by atoms with Gasteiger partial charge in [0.15, 0.2) is 11.5 Å². The highest BCUT2D eigenvalue weighted by Gasteiger charge is 2.16. The highest BCUT2D eigenvalue weighted by atomic mass is 16.5. The van der Waals surface area contributed by atoms with Crippen LogP contribution in [0.3, 0.4) is 0 Å². The van der Waals surface area contributed by atoms with Crippen molar-refractivity contribution in [2.45, 2.75) is 12.8 Å². The SMILES string of the molecule is C=C(c1ccc(N2CCCC2)cc1)c1cc(OC)c(OC)c(OC)c1. The Bertz CT molecular complexity index is 721. The minimum atomic E-state index is 0.589. The molecular formula is C21H25NO3. The summed E-state index contributed by atoms with van der Waals surface area (Å²) in [6, 6.07) is 12.4. The summed E-state index contributed by atoms with van der Waals surface area (Å²) in [5.74, 6) is 1.85. The molecule has 0 spiro atoms. The quantitative estimate of drug-likeness (QED) is 0.782. The first-order valence-electron chi connectivity index (χ1n) is 8.52. The summed E-state index contributed by atoms with van der Waals surface area (Å²) in [7, 11) is 4.84. The Morgan fingerprint density at radius 2 is 1.40 bits per heavy atom. The smallest absolute Gasteiger partial charge is 0.203 e. The Labute approximate surface area is 149 Å². The molecular weight excluding hydrogens is 314 g/mol. The zero-order valence-corrected chi connectivity index (χ0v) is 15.2. The van der Waals surface area contributed by atoms with Crippen LogP contribution in [0.5, 0.6) is 17.2 Å². The van der Waals surface area contributed by atoms with Crippen LogP contribution in [0, 0.1) is 0 Å². The molecule has 1 saturated heterocycles. The van der Waals surface area contributed by atoms with E-state index in [-0.39, 0.29) is 0 Å². The first-order valence-corrected chi connectivity index (χ1v) is 8.52. The molecule has 1 fully saturated rings. The van der Waals surface area contributed by atoms with Crippen molar-refractivity contribution in [2.24, 2.45) is 0 Å². The summed E-state index contributed by atoms with van der Waals surface area (Å²) >= 11 is 0. The van der Waals surface area contributed by atoms with Crippen LogP contribution in [0.25, 0.3) is 5.57 Å². The lowest BCUT2D eigenvalue weighted by atomic mass is 9.98. The van der Waals surface area contributed by atoms with Gasteiger partial charge in [-0.1, -0.05) is 18.7 Å². The molecule has 0 N–H and O–H groups in total. The van der Waals surface area contributed by atoms with Gasteiger partial charge in [0.2, 0.25) is 5.75 Å². The summed E-state index contributed by atoms with van der Waals surface area (Å²) < 4.78 is 16.3. The maximum atomic E-state index is 5.44. The van der Waals surface area contributed by atoms with Crippen molar-refractivity contribution < 1.29 is 14.2 Å². The van der Waals surface area contributed by atoms with E-state index in [0.29, 0.717) is 17.2 Å². The monoisotopic (exact) mass is 339 g/mol. The topological polar surface area (TPSA) is 30.9 Å². The first-order chi connectivity index (χ1) is 12.2. The van der Waals surface area contributed by atoms with Crippen LogP contribution in [0.4, 0.5) is 5.69 Å². The minimum Gasteiger partial charge on any atom is -0.493 e. The number of nitrogens with zero attached hydrogens (tertiary/aromatic N) is 1. The van der Waals surface area contributed by atoms with Crippen molar-refractivity contribution in [1.82, 2.24) is 0 Å². The number of anilines is 1. The van der Waals surface area contributed by atoms with Gasteiger partial charge in [0.25, 0.3) is 0 Å². The third-order valence-electron chi connectivity index (χ3n) is 4.70. The van der Waals surface area contributed by atoms with Crippen molar-refractivity contribution in [3.8, 4) is 17.2 Å². The molecule has 0 unspecified atom stereocenters. The molecule has 1 aliphatic rings. The minimum absolute atomic E-state index is 0.589. The summed E-state index contributed by atoms with van der Waals surface area (Å²) in [5.41, 5.74) is 4.23. The van der Waals surface area contributed by atoms with Gasteiger partial charge in [-0.15, -0.1) is 0 Å². The molecule has 1 aliphatic heterocycles. The maximum absolute atomic E-state index is 5.44. The van der Waals surface area contributed by atoms with Gasteiger partial charge in [0.1, 0.15) is 0 Å². The van der Waals surface area contributed by atoms with Crippen LogP contribution in [-0.2, 0) is 0 Å². The predicted molar refractivity (Wildman–Crippen MR) is 102 cm³/mol. The van der Waals surface area contributed by atoms with Crippen molar-refractivity contribution in [3.05, 3.63) is 54.1 Å². The Balaban J connectivity index is 1.89. The zero-order valence-electron chi connectivity index (χ0n) is 15.2. The number of methoxy groups -OCH3 is 3. The molecule has 0 amide bonds. The second kappa shape index (κ2) is 7.51. The fourth-order valence-corrected chi connectivity index (χ4v) is 3.27. The predicted octanol–water partition coefficient (Wildman–Crippen LogP) is 4.37. The van der Waals surface area contributed by atoms with Gasteiger partial charge in [-0.05, 0) is 53.8 Å². The number of benzene rings is 2. The van der Waals surface area contributed by atoms with E-state index in [4.69, 9.17) is 14.2 Å². The van der Waals surface area contributed by atoms with Gasteiger partial charge in [-0.2, -0.15) is 0 Å². The van der Waals surface area contributed by atoms with E-state index < -0.39 is 0 Å². The molecule has 0 atom stereocenters. The molecule has 0 aromatic heterocycles. The fraction of sp³-hybridized carbons (Fsp3) is 0.333. The van der Waals surface area contributed by atoms with Crippen LogP contribution in [0.15, 0.2) is 43.0 Å². The molecule has 132 valence electrons. The third-order valence-corrected chi connectivity index (χ3v) is 4.70. The molecule has 0 radical (unpaired) electrons. The third kappa shape index (κ3) is 3.43. The van der Waals surface area contributed by atoms with Crippen LogP contribution in [-0.4, -0.2) is 34.4 Å². The Morgan fingerprint density at radius 1 is 0.840 bits per heavy atom. The summed E-state index contributed by atoms with van der Waals surface area (Å²) in [6.07, 6.45) is 2.56. The normalized spacial score (nSPS) is 13.6. The van der Waals surface area contributed by atoms with E-state index in [1.807, 2.05) is 12.1 Å². The first kappa shape index (κ1) is 17.2. The van der Waals surface area contributed by atoms with Gasteiger partial charge < -0.3 is 19.1 Å². The number of rotatable bonds is 6. The number of hydrogen-bond donors (Lipinski definition) is 0. The standard InChI is InChI=1S/C21H25NO3/c1-15(16-7-9-18(10-8-16)22-11-5-6-12-22)17-13-19(23-2)21(25-4)20(14-17)24-3/h7-10,13-14H,1,5-6,11-12H2,2-4H3. The van der Waals surface area contributed by atoms with E-state index in [9.17, 15) is 0 Å². The Kier molecular flexibility index (Phi) is 5.17. The molecule has 2 aromatic carbocycles. The van der Waals surface area contributed by atoms with Gasteiger partial charge in [-0.3, -0.25) is 0 Å². The molecule has 0 aliphatic carbocycles. The van der Waals surface area contributed by atoms with E-state index >= 15 is 0 Å². The van der Waals surface area contributed by atoms with Crippen LogP contribution >= 0.6 is 0 Å². The fourth-order valence-electron chi connectivity index (χ4n) is 3.27. The van der Waals surface area contributed by atoms with Crippen LogP contribution in [0.2, 0.25) is 0 Å². The highest BCUT2D eigenvalue weighted by molar-refractivity contribution is 5.81. The van der Waals surface area contributed by atoms with Crippen molar-refractivity contribution in [1.29, 1.82) is 0 Å². The number of ether oxygens (including phenoxy) is 3. The largest absolute Gasteiger partial charge is 0.493 e.